The molecule has 0 bridgehead atoms. The number of nitro groups is 1. The van der Waals surface area contributed by atoms with E-state index in [4.69, 9.17) is 15.9 Å². The Morgan fingerprint density at radius 1 is 1.48 bits per heavy atom. The molecule has 0 aliphatic rings. The van der Waals surface area contributed by atoms with Crippen LogP contribution < -0.4 is 10.5 Å². The second kappa shape index (κ2) is 6.00. The maximum absolute atomic E-state index is 10.9. The summed E-state index contributed by atoms with van der Waals surface area (Å²) in [5.74, 6) is 0.328. The summed E-state index contributed by atoms with van der Waals surface area (Å²) in [6.45, 7) is 1.85. The lowest BCUT2D eigenvalue weighted by molar-refractivity contribution is -0.385. The lowest BCUT2D eigenvalue weighted by Crippen LogP contribution is -2.13. The fourth-order valence-corrected chi connectivity index (χ4v) is 1.83. The Bertz CT molecular complexity index is 700. The molecule has 0 saturated heterocycles. The highest BCUT2D eigenvalue weighted by Gasteiger charge is 2.14. The van der Waals surface area contributed by atoms with E-state index in [1.54, 1.807) is 31.2 Å². The molecule has 21 heavy (non-hydrogen) atoms. The third kappa shape index (κ3) is 3.33. The van der Waals surface area contributed by atoms with Crippen molar-refractivity contribution in [2.24, 2.45) is 5.73 Å². The van der Waals surface area contributed by atoms with E-state index in [2.05, 4.69) is 4.98 Å². The van der Waals surface area contributed by atoms with E-state index in [0.717, 1.165) is 5.56 Å². The molecule has 2 rings (SSSR count). The Morgan fingerprint density at radius 3 is 2.90 bits per heavy atom. The van der Waals surface area contributed by atoms with Gasteiger partial charge in [0, 0.05) is 12.3 Å². The summed E-state index contributed by atoms with van der Waals surface area (Å²) in [6, 6.07) is 8.07. The average Bonchev–Trinajstić information content (AvgIpc) is 2.46. The fourth-order valence-electron chi connectivity index (χ4n) is 1.83. The molecule has 0 saturated carbocycles. The number of benzene rings is 1. The van der Waals surface area contributed by atoms with E-state index >= 15 is 0 Å². The van der Waals surface area contributed by atoms with Crippen LogP contribution in [-0.4, -0.2) is 15.7 Å². The maximum Gasteiger partial charge on any atom is 0.276 e. The smallest absolute Gasteiger partial charge is 0.276 e. The van der Waals surface area contributed by atoms with Crippen LogP contribution >= 0.6 is 0 Å². The minimum Gasteiger partial charge on any atom is -0.488 e. The summed E-state index contributed by atoms with van der Waals surface area (Å²) in [7, 11) is 0. The summed E-state index contributed by atoms with van der Waals surface area (Å²) < 4.78 is 5.60. The van der Waals surface area contributed by atoms with Crippen LogP contribution in [0.4, 0.5) is 5.69 Å². The number of hydrogen-bond donors (Lipinski definition) is 2. The molecule has 0 aliphatic carbocycles. The Hall–Kier alpha value is -2.96. The molecule has 7 nitrogen and oxygen atoms in total. The van der Waals surface area contributed by atoms with Gasteiger partial charge in [-0.1, -0.05) is 6.07 Å². The van der Waals surface area contributed by atoms with Gasteiger partial charge in [-0.2, -0.15) is 0 Å². The molecular formula is C14H14N4O3. The van der Waals surface area contributed by atoms with Gasteiger partial charge in [0.1, 0.15) is 23.9 Å². The van der Waals surface area contributed by atoms with Gasteiger partial charge in [0.05, 0.1) is 10.5 Å². The zero-order chi connectivity index (χ0) is 15.4. The van der Waals surface area contributed by atoms with Crippen molar-refractivity contribution >= 4 is 11.5 Å². The van der Waals surface area contributed by atoms with Crippen LogP contribution in [0.1, 0.15) is 16.8 Å². The SMILES string of the molecule is Cc1c(OCc2ccnc(C(=N)N)c2)cccc1[N+](=O)[O-]. The monoisotopic (exact) mass is 286 g/mol. The molecule has 108 valence electrons. The fraction of sp³-hybridized carbons (Fsp3) is 0.143. The largest absolute Gasteiger partial charge is 0.488 e. The predicted molar refractivity (Wildman–Crippen MR) is 77.4 cm³/mol. The van der Waals surface area contributed by atoms with Crippen LogP contribution in [0.25, 0.3) is 0 Å². The summed E-state index contributed by atoms with van der Waals surface area (Å²) in [5.41, 5.74) is 7.01. The van der Waals surface area contributed by atoms with Gasteiger partial charge < -0.3 is 10.5 Å². The topological polar surface area (TPSA) is 115 Å². The first-order valence-electron chi connectivity index (χ1n) is 6.15. The van der Waals surface area contributed by atoms with Gasteiger partial charge in [-0.3, -0.25) is 20.5 Å². The van der Waals surface area contributed by atoms with Crippen molar-refractivity contribution in [1.29, 1.82) is 5.41 Å². The Labute approximate surface area is 121 Å². The molecule has 0 atom stereocenters. The summed E-state index contributed by atoms with van der Waals surface area (Å²) in [6.07, 6.45) is 1.54. The Balaban J connectivity index is 2.17. The van der Waals surface area contributed by atoms with Crippen LogP contribution in [0.15, 0.2) is 36.5 Å². The first-order chi connectivity index (χ1) is 9.99. The summed E-state index contributed by atoms with van der Waals surface area (Å²) in [5, 5.41) is 18.2. The van der Waals surface area contributed by atoms with Crippen LogP contribution in [0.2, 0.25) is 0 Å². The molecule has 3 N–H and O–H groups in total. The molecule has 2 aromatic rings. The van der Waals surface area contributed by atoms with E-state index in [9.17, 15) is 10.1 Å². The number of nitro benzene ring substituents is 1. The van der Waals surface area contributed by atoms with Crippen molar-refractivity contribution in [3.8, 4) is 5.75 Å². The third-order valence-electron chi connectivity index (χ3n) is 2.95. The molecule has 0 unspecified atom stereocenters. The van der Waals surface area contributed by atoms with Crippen molar-refractivity contribution < 1.29 is 9.66 Å². The summed E-state index contributed by atoms with van der Waals surface area (Å²) in [4.78, 5) is 14.4. The number of hydrogen-bond acceptors (Lipinski definition) is 5. The van der Waals surface area contributed by atoms with Crippen molar-refractivity contribution in [2.45, 2.75) is 13.5 Å². The number of rotatable bonds is 5. The number of aromatic nitrogens is 1. The Kier molecular flexibility index (Phi) is 4.13. The average molecular weight is 286 g/mol. The van der Waals surface area contributed by atoms with Crippen molar-refractivity contribution in [3.05, 3.63) is 63.5 Å². The number of nitrogens with zero attached hydrogens (tertiary/aromatic N) is 2. The first kappa shape index (κ1) is 14.4. The standard InChI is InChI=1S/C14H14N4O3/c1-9-12(18(19)20)3-2-4-13(9)21-8-10-5-6-17-11(7-10)14(15)16/h2-7H,8H2,1H3,(H3,15,16). The minimum atomic E-state index is -0.442. The van der Waals surface area contributed by atoms with Gasteiger partial charge in [0.15, 0.2) is 0 Å². The van der Waals surface area contributed by atoms with E-state index in [1.807, 2.05) is 0 Å². The van der Waals surface area contributed by atoms with Crippen LogP contribution in [-0.2, 0) is 6.61 Å². The molecular weight excluding hydrogens is 272 g/mol. The lowest BCUT2D eigenvalue weighted by atomic mass is 10.2. The predicted octanol–water partition coefficient (Wildman–Crippen LogP) is 2.16. The zero-order valence-corrected chi connectivity index (χ0v) is 11.4. The van der Waals surface area contributed by atoms with Gasteiger partial charge in [0.25, 0.3) is 5.69 Å². The van der Waals surface area contributed by atoms with Gasteiger partial charge in [0.2, 0.25) is 0 Å². The first-order valence-corrected chi connectivity index (χ1v) is 6.15. The molecule has 1 aromatic carbocycles. The quantitative estimate of drug-likeness (QED) is 0.378. The second-order valence-corrected chi connectivity index (χ2v) is 4.41. The van der Waals surface area contributed by atoms with Gasteiger partial charge in [-0.05, 0) is 30.7 Å². The van der Waals surface area contributed by atoms with E-state index < -0.39 is 4.92 Å². The summed E-state index contributed by atoms with van der Waals surface area (Å²) >= 11 is 0. The number of pyridine rings is 1. The third-order valence-corrected chi connectivity index (χ3v) is 2.95. The van der Waals surface area contributed by atoms with E-state index in [0.29, 0.717) is 17.0 Å². The highest BCUT2D eigenvalue weighted by Crippen LogP contribution is 2.27. The zero-order valence-electron chi connectivity index (χ0n) is 11.4. The van der Waals surface area contributed by atoms with Gasteiger partial charge >= 0.3 is 0 Å². The Morgan fingerprint density at radius 2 is 2.24 bits per heavy atom. The van der Waals surface area contributed by atoms with E-state index in [-0.39, 0.29) is 18.1 Å². The maximum atomic E-state index is 10.9. The van der Waals surface area contributed by atoms with Gasteiger partial charge in [-0.15, -0.1) is 0 Å². The van der Waals surface area contributed by atoms with Crippen LogP contribution in [0.3, 0.4) is 0 Å². The molecule has 0 aliphatic heterocycles. The number of nitrogens with one attached hydrogen (secondary N) is 1. The molecule has 0 fully saturated rings. The van der Waals surface area contributed by atoms with Crippen molar-refractivity contribution in [1.82, 2.24) is 4.98 Å². The highest BCUT2D eigenvalue weighted by atomic mass is 16.6. The normalized spacial score (nSPS) is 10.1. The molecule has 1 aromatic heterocycles. The second-order valence-electron chi connectivity index (χ2n) is 4.41. The minimum absolute atomic E-state index is 0.0200. The van der Waals surface area contributed by atoms with Gasteiger partial charge in [-0.25, -0.2) is 0 Å². The van der Waals surface area contributed by atoms with E-state index in [1.165, 1.54) is 12.3 Å². The number of ether oxygens (including phenoxy) is 1. The number of amidine groups is 1. The lowest BCUT2D eigenvalue weighted by Gasteiger charge is -2.09. The molecule has 1 heterocycles. The molecule has 0 spiro atoms. The highest BCUT2D eigenvalue weighted by molar-refractivity contribution is 5.93. The number of nitrogen functional groups attached to an aromatic ring is 1. The molecule has 7 heteroatoms. The van der Waals surface area contributed by atoms with Crippen molar-refractivity contribution in [2.75, 3.05) is 0 Å². The van der Waals surface area contributed by atoms with Crippen molar-refractivity contribution in [3.63, 3.8) is 0 Å². The molecule has 0 radical (unpaired) electrons. The molecule has 0 amide bonds. The van der Waals surface area contributed by atoms with Crippen LogP contribution in [0.5, 0.6) is 5.75 Å². The van der Waals surface area contributed by atoms with Crippen LogP contribution in [0, 0.1) is 22.4 Å². The number of nitrogens with two attached hydrogens (primary N) is 1.